The smallest absolute Gasteiger partial charge is 0.335 e. The molecule has 0 bridgehead atoms. The van der Waals surface area contributed by atoms with Gasteiger partial charge in [-0.1, -0.05) is 35.9 Å². The minimum atomic E-state index is -1.000. The fourth-order valence-corrected chi connectivity index (χ4v) is 2.68. The molecule has 0 spiro atoms. The van der Waals surface area contributed by atoms with Gasteiger partial charge < -0.3 is 9.67 Å². The quantitative estimate of drug-likeness (QED) is 0.744. The van der Waals surface area contributed by atoms with Crippen LogP contribution in [-0.2, 0) is 6.54 Å². The van der Waals surface area contributed by atoms with Crippen molar-refractivity contribution in [3.05, 3.63) is 70.4 Å². The highest BCUT2D eigenvalue weighted by atomic mass is 35.5. The van der Waals surface area contributed by atoms with Crippen LogP contribution in [0.3, 0.4) is 0 Å². The van der Waals surface area contributed by atoms with Crippen LogP contribution in [-0.4, -0.2) is 21.9 Å². The zero-order valence-electron chi connectivity index (χ0n) is 11.5. The van der Waals surface area contributed by atoms with Crippen molar-refractivity contribution in [3.63, 3.8) is 0 Å². The lowest BCUT2D eigenvalue weighted by Crippen LogP contribution is -2.00. The van der Waals surface area contributed by atoms with Crippen LogP contribution in [0, 0.1) is 0 Å². The number of carbonyl (C=O) groups is 2. The monoisotopic (exact) mass is 313 g/mol. The molecule has 0 fully saturated rings. The van der Waals surface area contributed by atoms with E-state index >= 15 is 0 Å². The maximum Gasteiger partial charge on any atom is 0.335 e. The molecule has 1 N–H and O–H groups in total. The summed E-state index contributed by atoms with van der Waals surface area (Å²) in [5, 5.41) is 10.5. The summed E-state index contributed by atoms with van der Waals surface area (Å²) in [6.45, 7) is 0.465. The molecule has 0 atom stereocenters. The van der Waals surface area contributed by atoms with Crippen molar-refractivity contribution in [2.45, 2.75) is 6.54 Å². The second kappa shape index (κ2) is 5.66. The van der Waals surface area contributed by atoms with Crippen molar-refractivity contribution >= 4 is 34.8 Å². The molecule has 0 radical (unpaired) electrons. The standard InChI is InChI=1S/C17H12ClNO3/c18-15-4-2-1-3-12(15)8-19-9-13(10-20)14-6-5-11(17(21)22)7-16(14)19/h1-7,9-10H,8H2,(H,21,22). The number of aldehydes is 1. The number of hydrogen-bond donors (Lipinski definition) is 1. The summed E-state index contributed by atoms with van der Waals surface area (Å²) in [6.07, 6.45) is 2.48. The first kappa shape index (κ1) is 14.4. The molecule has 22 heavy (non-hydrogen) atoms. The molecule has 0 unspecified atom stereocenters. The largest absolute Gasteiger partial charge is 0.478 e. The number of hydrogen-bond acceptors (Lipinski definition) is 2. The number of fused-ring (bicyclic) bond motifs is 1. The molecule has 0 amide bonds. The van der Waals surface area contributed by atoms with Gasteiger partial charge in [-0.3, -0.25) is 4.79 Å². The lowest BCUT2D eigenvalue weighted by Gasteiger charge is -2.08. The summed E-state index contributed by atoms with van der Waals surface area (Å²) in [5.41, 5.74) is 2.31. The Bertz CT molecular complexity index is 883. The molecule has 0 saturated heterocycles. The Hall–Kier alpha value is -2.59. The van der Waals surface area contributed by atoms with Gasteiger partial charge >= 0.3 is 5.97 Å². The molecule has 0 aliphatic carbocycles. The maximum absolute atomic E-state index is 11.2. The van der Waals surface area contributed by atoms with Crippen LogP contribution >= 0.6 is 11.6 Å². The number of rotatable bonds is 4. The van der Waals surface area contributed by atoms with Crippen LogP contribution in [0.25, 0.3) is 10.9 Å². The Kier molecular flexibility index (Phi) is 3.69. The summed E-state index contributed by atoms with van der Waals surface area (Å²) < 4.78 is 1.84. The normalized spacial score (nSPS) is 10.8. The van der Waals surface area contributed by atoms with Crippen molar-refractivity contribution in [2.24, 2.45) is 0 Å². The fraction of sp³-hybridized carbons (Fsp3) is 0.0588. The van der Waals surface area contributed by atoms with E-state index in [9.17, 15) is 9.59 Å². The molecule has 2 aromatic carbocycles. The van der Waals surface area contributed by atoms with Crippen LogP contribution in [0.4, 0.5) is 0 Å². The van der Waals surface area contributed by atoms with Gasteiger partial charge in [0.2, 0.25) is 0 Å². The van der Waals surface area contributed by atoms with Gasteiger partial charge in [-0.15, -0.1) is 0 Å². The summed E-state index contributed by atoms with van der Waals surface area (Å²) in [6, 6.07) is 12.2. The third-order valence-corrected chi connectivity index (χ3v) is 3.95. The lowest BCUT2D eigenvalue weighted by molar-refractivity contribution is 0.0697. The molecule has 3 aromatic rings. The first-order chi connectivity index (χ1) is 10.6. The predicted molar refractivity (Wildman–Crippen MR) is 84.8 cm³/mol. The molecular weight excluding hydrogens is 302 g/mol. The van der Waals surface area contributed by atoms with Crippen molar-refractivity contribution < 1.29 is 14.7 Å². The van der Waals surface area contributed by atoms with Gasteiger partial charge in [0.15, 0.2) is 6.29 Å². The summed E-state index contributed by atoms with van der Waals surface area (Å²) in [5.74, 6) is -1.000. The van der Waals surface area contributed by atoms with E-state index < -0.39 is 5.97 Å². The van der Waals surface area contributed by atoms with Crippen molar-refractivity contribution in [2.75, 3.05) is 0 Å². The Morgan fingerprint density at radius 3 is 2.68 bits per heavy atom. The molecule has 110 valence electrons. The second-order valence-electron chi connectivity index (χ2n) is 4.96. The van der Waals surface area contributed by atoms with E-state index in [1.54, 1.807) is 24.4 Å². The number of halogens is 1. The fourth-order valence-electron chi connectivity index (χ4n) is 2.49. The second-order valence-corrected chi connectivity index (χ2v) is 5.37. The van der Waals surface area contributed by atoms with Crippen LogP contribution in [0.1, 0.15) is 26.3 Å². The zero-order valence-corrected chi connectivity index (χ0v) is 12.2. The highest BCUT2D eigenvalue weighted by Gasteiger charge is 2.12. The van der Waals surface area contributed by atoms with E-state index in [0.29, 0.717) is 22.6 Å². The van der Waals surface area contributed by atoms with Gasteiger partial charge in [0.25, 0.3) is 0 Å². The average molecular weight is 314 g/mol. The van der Waals surface area contributed by atoms with E-state index in [0.717, 1.165) is 17.2 Å². The topological polar surface area (TPSA) is 59.3 Å². The number of carboxylic acid groups (broad SMARTS) is 1. The van der Waals surface area contributed by atoms with Gasteiger partial charge in [-0.05, 0) is 23.8 Å². The Morgan fingerprint density at radius 1 is 1.23 bits per heavy atom. The number of aromatic carboxylic acids is 1. The van der Waals surface area contributed by atoms with E-state index in [4.69, 9.17) is 16.7 Å². The molecular formula is C17H12ClNO3. The third-order valence-electron chi connectivity index (χ3n) is 3.59. The summed E-state index contributed by atoms with van der Waals surface area (Å²) in [4.78, 5) is 22.4. The minimum Gasteiger partial charge on any atom is -0.478 e. The van der Waals surface area contributed by atoms with Crippen LogP contribution in [0.5, 0.6) is 0 Å². The number of benzene rings is 2. The molecule has 5 heteroatoms. The molecule has 1 heterocycles. The number of carboxylic acids is 1. The SMILES string of the molecule is O=Cc1cn(Cc2ccccc2Cl)c2cc(C(=O)O)ccc12. The summed E-state index contributed by atoms with van der Waals surface area (Å²) in [7, 11) is 0. The van der Waals surface area contributed by atoms with E-state index in [-0.39, 0.29) is 5.56 Å². The highest BCUT2D eigenvalue weighted by Crippen LogP contribution is 2.24. The minimum absolute atomic E-state index is 0.184. The van der Waals surface area contributed by atoms with Crippen LogP contribution in [0.15, 0.2) is 48.7 Å². The van der Waals surface area contributed by atoms with Crippen molar-refractivity contribution in [1.29, 1.82) is 0 Å². The third kappa shape index (κ3) is 2.49. The van der Waals surface area contributed by atoms with Crippen LogP contribution in [0.2, 0.25) is 5.02 Å². The van der Waals surface area contributed by atoms with Gasteiger partial charge in [-0.2, -0.15) is 0 Å². The van der Waals surface area contributed by atoms with Gasteiger partial charge in [0, 0.05) is 34.2 Å². The van der Waals surface area contributed by atoms with E-state index in [1.807, 2.05) is 22.8 Å². The molecule has 4 nitrogen and oxygen atoms in total. The predicted octanol–water partition coefficient (Wildman–Crippen LogP) is 3.85. The first-order valence-corrected chi connectivity index (χ1v) is 7.02. The lowest BCUT2D eigenvalue weighted by atomic mass is 10.1. The maximum atomic E-state index is 11.2. The molecule has 0 saturated carbocycles. The Labute approximate surface area is 131 Å². The molecule has 1 aromatic heterocycles. The van der Waals surface area contributed by atoms with Gasteiger partial charge in [0.1, 0.15) is 0 Å². The average Bonchev–Trinajstić information content (AvgIpc) is 2.87. The van der Waals surface area contributed by atoms with Crippen LogP contribution < -0.4 is 0 Å². The molecule has 3 rings (SSSR count). The molecule has 0 aliphatic heterocycles. The van der Waals surface area contributed by atoms with E-state index in [2.05, 4.69) is 0 Å². The first-order valence-electron chi connectivity index (χ1n) is 6.65. The number of aromatic nitrogens is 1. The van der Waals surface area contributed by atoms with E-state index in [1.165, 1.54) is 6.07 Å². The summed E-state index contributed by atoms with van der Waals surface area (Å²) >= 11 is 6.17. The van der Waals surface area contributed by atoms with Gasteiger partial charge in [0.05, 0.1) is 5.56 Å². The number of nitrogens with zero attached hydrogens (tertiary/aromatic N) is 1. The molecule has 0 aliphatic rings. The highest BCUT2D eigenvalue weighted by molar-refractivity contribution is 6.31. The van der Waals surface area contributed by atoms with Gasteiger partial charge in [-0.25, -0.2) is 4.79 Å². The Morgan fingerprint density at radius 2 is 2.00 bits per heavy atom. The van der Waals surface area contributed by atoms with Crippen molar-refractivity contribution in [3.8, 4) is 0 Å². The zero-order chi connectivity index (χ0) is 15.7. The van der Waals surface area contributed by atoms with Crippen molar-refractivity contribution in [1.82, 2.24) is 4.57 Å². The number of carbonyl (C=O) groups excluding carboxylic acids is 1. The Balaban J connectivity index is 2.16.